The predicted octanol–water partition coefficient (Wildman–Crippen LogP) is 2.77. The van der Waals surface area contributed by atoms with Gasteiger partial charge in [-0.25, -0.2) is 0 Å². The zero-order valence-corrected chi connectivity index (χ0v) is 13.2. The van der Waals surface area contributed by atoms with Crippen molar-refractivity contribution >= 4 is 14.5 Å². The van der Waals surface area contributed by atoms with Crippen molar-refractivity contribution in [2.75, 3.05) is 12.7 Å². The van der Waals surface area contributed by atoms with Gasteiger partial charge >= 0.3 is 0 Å². The molecule has 2 rings (SSSR count). The minimum Gasteiger partial charge on any atom is -0.370 e. The van der Waals surface area contributed by atoms with Gasteiger partial charge in [0.25, 0.3) is 0 Å². The van der Waals surface area contributed by atoms with Crippen molar-refractivity contribution in [1.29, 1.82) is 0 Å². The molecular formula is C15H23N2O2P. The van der Waals surface area contributed by atoms with Crippen LogP contribution in [0.2, 0.25) is 0 Å². The molecule has 3 unspecified atom stereocenters. The second-order valence-corrected chi connectivity index (χ2v) is 6.53. The predicted molar refractivity (Wildman–Crippen MR) is 82.3 cm³/mol. The first-order valence-electron chi connectivity index (χ1n) is 7.18. The third-order valence-corrected chi connectivity index (χ3v) is 4.42. The molecule has 0 amide bonds. The average Bonchev–Trinajstić information content (AvgIpc) is 2.87. The normalized spacial score (nSPS) is 22.7. The summed E-state index contributed by atoms with van der Waals surface area (Å²) in [6.07, 6.45) is 6.83. The standard InChI is InChI=1S/C15H23N2O2P/c1-11-9-13(5-7-16-11)15-4-3-14(19-15)6-8-20-17-10-12(2)18/h5,7,9,14-15,17,20H,3-4,6,8,10H2,1-2H3. The zero-order valence-electron chi connectivity index (χ0n) is 12.2. The Kier molecular flexibility index (Phi) is 6.08. The zero-order chi connectivity index (χ0) is 14.4. The van der Waals surface area contributed by atoms with E-state index in [1.54, 1.807) is 6.92 Å². The van der Waals surface area contributed by atoms with Gasteiger partial charge < -0.3 is 4.74 Å². The number of ketones is 1. The Hall–Kier alpha value is -0.830. The van der Waals surface area contributed by atoms with E-state index in [0.29, 0.717) is 21.4 Å². The molecule has 1 fully saturated rings. The summed E-state index contributed by atoms with van der Waals surface area (Å²) in [5, 5.41) is 3.17. The maximum absolute atomic E-state index is 10.8. The Morgan fingerprint density at radius 2 is 2.40 bits per heavy atom. The second kappa shape index (κ2) is 7.82. The quantitative estimate of drug-likeness (QED) is 0.620. The van der Waals surface area contributed by atoms with E-state index < -0.39 is 0 Å². The van der Waals surface area contributed by atoms with Crippen molar-refractivity contribution in [3.63, 3.8) is 0 Å². The number of carbonyl (C=O) groups excluding carboxylic acids is 1. The van der Waals surface area contributed by atoms with E-state index in [9.17, 15) is 4.79 Å². The topological polar surface area (TPSA) is 51.2 Å². The highest BCUT2D eigenvalue weighted by Gasteiger charge is 2.26. The lowest BCUT2D eigenvalue weighted by atomic mass is 10.1. The molecule has 5 heteroatoms. The number of aromatic nitrogens is 1. The fourth-order valence-corrected chi connectivity index (χ4v) is 3.46. The van der Waals surface area contributed by atoms with Crippen molar-refractivity contribution in [3.05, 3.63) is 29.6 Å². The summed E-state index contributed by atoms with van der Waals surface area (Å²) in [5.41, 5.74) is 2.29. The number of hydrogen-bond donors (Lipinski definition) is 1. The number of aryl methyl sites for hydroxylation is 1. The Balaban J connectivity index is 1.69. The van der Waals surface area contributed by atoms with Crippen LogP contribution in [0.5, 0.6) is 0 Å². The van der Waals surface area contributed by atoms with Gasteiger partial charge in [0.2, 0.25) is 0 Å². The van der Waals surface area contributed by atoms with E-state index in [1.165, 1.54) is 5.56 Å². The largest absolute Gasteiger partial charge is 0.370 e. The molecule has 0 saturated carbocycles. The number of Topliss-reactive ketones (excluding diaryl/α,β-unsaturated/α-hetero) is 1. The van der Waals surface area contributed by atoms with E-state index in [2.05, 4.69) is 22.2 Å². The van der Waals surface area contributed by atoms with Gasteiger partial charge in [-0.05, 0) is 57.0 Å². The first-order chi connectivity index (χ1) is 9.65. The Morgan fingerprint density at radius 1 is 1.55 bits per heavy atom. The van der Waals surface area contributed by atoms with E-state index >= 15 is 0 Å². The third kappa shape index (κ3) is 4.93. The molecule has 0 bridgehead atoms. The van der Waals surface area contributed by atoms with Crippen molar-refractivity contribution in [1.82, 2.24) is 10.1 Å². The highest BCUT2D eigenvalue weighted by atomic mass is 31.1. The third-order valence-electron chi connectivity index (χ3n) is 3.45. The average molecular weight is 294 g/mol. The van der Waals surface area contributed by atoms with Gasteiger partial charge in [-0.3, -0.25) is 14.9 Å². The number of rotatable bonds is 7. The maximum Gasteiger partial charge on any atom is 0.143 e. The van der Waals surface area contributed by atoms with Crippen molar-refractivity contribution in [2.24, 2.45) is 0 Å². The molecule has 1 aromatic heterocycles. The van der Waals surface area contributed by atoms with Crippen LogP contribution in [0, 0.1) is 6.92 Å². The smallest absolute Gasteiger partial charge is 0.143 e. The van der Waals surface area contributed by atoms with Gasteiger partial charge in [0, 0.05) is 11.9 Å². The molecule has 1 aliphatic rings. The fourth-order valence-electron chi connectivity index (χ4n) is 2.44. The summed E-state index contributed by atoms with van der Waals surface area (Å²) in [4.78, 5) is 15.0. The summed E-state index contributed by atoms with van der Waals surface area (Å²) in [6, 6.07) is 4.17. The second-order valence-electron chi connectivity index (χ2n) is 5.33. The van der Waals surface area contributed by atoms with Crippen LogP contribution in [0.1, 0.15) is 43.5 Å². The van der Waals surface area contributed by atoms with Crippen LogP contribution >= 0.6 is 8.73 Å². The fraction of sp³-hybridized carbons (Fsp3) is 0.600. The first-order valence-corrected chi connectivity index (χ1v) is 8.39. The Bertz CT molecular complexity index is 453. The molecule has 2 heterocycles. The number of hydrogen-bond acceptors (Lipinski definition) is 4. The van der Waals surface area contributed by atoms with Gasteiger partial charge in [-0.15, -0.1) is 0 Å². The van der Waals surface area contributed by atoms with Crippen LogP contribution in [0.4, 0.5) is 0 Å². The van der Waals surface area contributed by atoms with Crippen LogP contribution in [0.3, 0.4) is 0 Å². The molecular weight excluding hydrogens is 271 g/mol. The summed E-state index contributed by atoms with van der Waals surface area (Å²) in [7, 11) is 0.647. The number of carbonyl (C=O) groups is 1. The van der Waals surface area contributed by atoms with Crippen LogP contribution in [-0.4, -0.2) is 29.6 Å². The SMILES string of the molecule is CC(=O)CNPCCC1CCC(c2ccnc(C)c2)O1. The van der Waals surface area contributed by atoms with Crippen LogP contribution in [0.25, 0.3) is 0 Å². The summed E-state index contributed by atoms with van der Waals surface area (Å²) < 4.78 is 6.11. The Labute approximate surface area is 122 Å². The minimum atomic E-state index is 0.197. The van der Waals surface area contributed by atoms with E-state index in [-0.39, 0.29) is 11.9 Å². The van der Waals surface area contributed by atoms with Gasteiger partial charge in [0.15, 0.2) is 0 Å². The van der Waals surface area contributed by atoms with Crippen molar-refractivity contribution in [3.8, 4) is 0 Å². The highest BCUT2D eigenvalue weighted by molar-refractivity contribution is 7.35. The molecule has 0 aliphatic carbocycles. The molecule has 20 heavy (non-hydrogen) atoms. The maximum atomic E-state index is 10.8. The van der Waals surface area contributed by atoms with E-state index in [4.69, 9.17) is 4.74 Å². The lowest BCUT2D eigenvalue weighted by molar-refractivity contribution is -0.115. The molecule has 0 radical (unpaired) electrons. The molecule has 0 aromatic carbocycles. The van der Waals surface area contributed by atoms with Crippen LogP contribution in [0.15, 0.2) is 18.3 Å². The van der Waals surface area contributed by atoms with Crippen LogP contribution in [-0.2, 0) is 9.53 Å². The number of nitrogens with one attached hydrogen (secondary N) is 1. The molecule has 1 aromatic rings. The van der Waals surface area contributed by atoms with E-state index in [0.717, 1.165) is 31.1 Å². The molecule has 110 valence electrons. The monoisotopic (exact) mass is 294 g/mol. The molecule has 3 atom stereocenters. The molecule has 1 N–H and O–H groups in total. The summed E-state index contributed by atoms with van der Waals surface area (Å²) >= 11 is 0. The highest BCUT2D eigenvalue weighted by Crippen LogP contribution is 2.34. The van der Waals surface area contributed by atoms with Gasteiger partial charge in [-0.1, -0.05) is 8.73 Å². The molecule has 0 spiro atoms. The van der Waals surface area contributed by atoms with Crippen LogP contribution < -0.4 is 5.09 Å². The Morgan fingerprint density at radius 3 is 3.15 bits per heavy atom. The van der Waals surface area contributed by atoms with Gasteiger partial charge in [0.1, 0.15) is 5.78 Å². The summed E-state index contributed by atoms with van der Waals surface area (Å²) in [5.74, 6) is 0.197. The number of ether oxygens (including phenoxy) is 1. The number of pyridine rings is 1. The lowest BCUT2D eigenvalue weighted by Gasteiger charge is -2.14. The van der Waals surface area contributed by atoms with Gasteiger partial charge in [0.05, 0.1) is 18.8 Å². The minimum absolute atomic E-state index is 0.197. The lowest BCUT2D eigenvalue weighted by Crippen LogP contribution is -2.14. The summed E-state index contributed by atoms with van der Waals surface area (Å²) in [6.45, 7) is 4.11. The van der Waals surface area contributed by atoms with Gasteiger partial charge in [-0.2, -0.15) is 0 Å². The van der Waals surface area contributed by atoms with Crippen molar-refractivity contribution in [2.45, 2.75) is 45.3 Å². The molecule has 1 aliphatic heterocycles. The molecule has 4 nitrogen and oxygen atoms in total. The number of nitrogens with zero attached hydrogens (tertiary/aromatic N) is 1. The van der Waals surface area contributed by atoms with Crippen molar-refractivity contribution < 1.29 is 9.53 Å². The first kappa shape index (κ1) is 15.6. The van der Waals surface area contributed by atoms with E-state index in [1.807, 2.05) is 13.1 Å². The molecule has 1 saturated heterocycles.